The number of carbonyl (C=O) groups is 4. The SMILES string of the molecule is [N-]=[N+]=NCCC(=O)Nc1ccc2c(c1)C(=O)N(C1CCC(=O)NC1=O)C2. The maximum Gasteiger partial charge on any atom is 0.255 e. The van der Waals surface area contributed by atoms with Gasteiger partial charge in [0.1, 0.15) is 6.04 Å². The molecule has 0 spiro atoms. The molecule has 1 atom stereocenters. The predicted octanol–water partition coefficient (Wildman–Crippen LogP) is 1.09. The molecule has 26 heavy (non-hydrogen) atoms. The van der Waals surface area contributed by atoms with Crippen molar-refractivity contribution < 1.29 is 19.2 Å². The second kappa shape index (κ2) is 7.24. The number of piperidine rings is 1. The molecule has 134 valence electrons. The van der Waals surface area contributed by atoms with Crippen LogP contribution in [0.4, 0.5) is 5.69 Å². The van der Waals surface area contributed by atoms with Crippen molar-refractivity contribution in [3.63, 3.8) is 0 Å². The summed E-state index contributed by atoms with van der Waals surface area (Å²) in [6, 6.07) is 4.29. The number of amides is 4. The monoisotopic (exact) mass is 356 g/mol. The molecule has 1 saturated heterocycles. The molecule has 10 heteroatoms. The van der Waals surface area contributed by atoms with Crippen LogP contribution in [0.5, 0.6) is 0 Å². The van der Waals surface area contributed by atoms with Crippen LogP contribution >= 0.6 is 0 Å². The third kappa shape index (κ3) is 3.50. The van der Waals surface area contributed by atoms with Crippen LogP contribution in [0, 0.1) is 0 Å². The van der Waals surface area contributed by atoms with Gasteiger partial charge >= 0.3 is 0 Å². The number of carbonyl (C=O) groups excluding carboxylic acids is 4. The zero-order valence-corrected chi connectivity index (χ0v) is 13.8. The van der Waals surface area contributed by atoms with Gasteiger partial charge in [-0.05, 0) is 29.6 Å². The number of benzene rings is 1. The number of anilines is 1. The van der Waals surface area contributed by atoms with Crippen molar-refractivity contribution in [2.75, 3.05) is 11.9 Å². The first-order valence-corrected chi connectivity index (χ1v) is 8.08. The van der Waals surface area contributed by atoms with Crippen LogP contribution in [-0.2, 0) is 20.9 Å². The third-order valence-corrected chi connectivity index (χ3v) is 4.31. The van der Waals surface area contributed by atoms with Gasteiger partial charge in [0.2, 0.25) is 17.7 Å². The minimum Gasteiger partial charge on any atom is -0.326 e. The quantitative estimate of drug-likeness (QED) is 0.352. The Kier molecular flexibility index (Phi) is 4.85. The van der Waals surface area contributed by atoms with Gasteiger partial charge in [0.25, 0.3) is 5.91 Å². The Labute approximate surface area is 148 Å². The molecule has 3 rings (SSSR count). The maximum absolute atomic E-state index is 12.7. The van der Waals surface area contributed by atoms with Crippen molar-refractivity contribution in [3.05, 3.63) is 39.8 Å². The number of hydrogen-bond acceptors (Lipinski definition) is 5. The summed E-state index contributed by atoms with van der Waals surface area (Å²) in [5, 5.41) is 8.19. The van der Waals surface area contributed by atoms with E-state index in [1.807, 2.05) is 0 Å². The molecule has 2 aliphatic rings. The summed E-state index contributed by atoms with van der Waals surface area (Å²) in [4.78, 5) is 51.7. The summed E-state index contributed by atoms with van der Waals surface area (Å²) in [6.07, 6.45) is 0.536. The Morgan fingerprint density at radius 1 is 1.38 bits per heavy atom. The minimum atomic E-state index is -0.672. The zero-order chi connectivity index (χ0) is 18.7. The number of nitrogens with zero attached hydrogens (tertiary/aromatic N) is 4. The highest BCUT2D eigenvalue weighted by Gasteiger charge is 2.39. The van der Waals surface area contributed by atoms with Gasteiger partial charge < -0.3 is 10.2 Å². The van der Waals surface area contributed by atoms with Crippen LogP contribution in [0.2, 0.25) is 0 Å². The highest BCUT2D eigenvalue weighted by molar-refractivity contribution is 6.06. The van der Waals surface area contributed by atoms with E-state index in [9.17, 15) is 19.2 Å². The molecular formula is C16H16N6O4. The normalized spacial score (nSPS) is 18.8. The van der Waals surface area contributed by atoms with Crippen LogP contribution in [0.25, 0.3) is 10.4 Å². The highest BCUT2D eigenvalue weighted by Crippen LogP contribution is 2.29. The van der Waals surface area contributed by atoms with Gasteiger partial charge in [-0.3, -0.25) is 24.5 Å². The van der Waals surface area contributed by atoms with Gasteiger partial charge in [-0.2, -0.15) is 0 Å². The topological polar surface area (TPSA) is 144 Å². The van der Waals surface area contributed by atoms with E-state index in [1.165, 1.54) is 4.90 Å². The molecule has 10 nitrogen and oxygen atoms in total. The summed E-state index contributed by atoms with van der Waals surface area (Å²) >= 11 is 0. The molecule has 0 aliphatic carbocycles. The number of hydrogen-bond donors (Lipinski definition) is 2. The lowest BCUT2D eigenvalue weighted by atomic mass is 10.0. The van der Waals surface area contributed by atoms with Gasteiger partial charge in [-0.1, -0.05) is 11.2 Å². The zero-order valence-electron chi connectivity index (χ0n) is 13.8. The van der Waals surface area contributed by atoms with Gasteiger partial charge in [0.05, 0.1) is 0 Å². The molecule has 2 heterocycles. The second-order valence-electron chi connectivity index (χ2n) is 6.02. The van der Waals surface area contributed by atoms with Crippen molar-refractivity contribution in [1.29, 1.82) is 0 Å². The summed E-state index contributed by atoms with van der Waals surface area (Å²) in [5.41, 5.74) is 9.83. The maximum atomic E-state index is 12.7. The van der Waals surface area contributed by atoms with Crippen LogP contribution < -0.4 is 10.6 Å². The second-order valence-corrected chi connectivity index (χ2v) is 6.02. The highest BCUT2D eigenvalue weighted by atomic mass is 16.2. The largest absolute Gasteiger partial charge is 0.326 e. The van der Waals surface area contributed by atoms with Crippen molar-refractivity contribution in [1.82, 2.24) is 10.2 Å². The van der Waals surface area contributed by atoms with Crippen LogP contribution in [0.1, 0.15) is 35.2 Å². The molecular weight excluding hydrogens is 340 g/mol. The molecule has 0 radical (unpaired) electrons. The van der Waals surface area contributed by atoms with Gasteiger partial charge in [0, 0.05) is 42.1 Å². The van der Waals surface area contributed by atoms with E-state index in [0.717, 1.165) is 5.56 Å². The fraction of sp³-hybridized carbons (Fsp3) is 0.375. The number of nitrogens with one attached hydrogen (secondary N) is 2. The summed E-state index contributed by atoms with van der Waals surface area (Å²) in [6.45, 7) is 0.334. The number of rotatable bonds is 5. The summed E-state index contributed by atoms with van der Waals surface area (Å²) < 4.78 is 0. The number of fused-ring (bicyclic) bond motifs is 1. The van der Waals surface area contributed by atoms with E-state index in [0.29, 0.717) is 17.7 Å². The molecule has 1 aromatic rings. The first kappa shape index (κ1) is 17.4. The third-order valence-electron chi connectivity index (χ3n) is 4.31. The van der Waals surface area contributed by atoms with E-state index in [-0.39, 0.29) is 43.7 Å². The lowest BCUT2D eigenvalue weighted by Crippen LogP contribution is -2.52. The predicted molar refractivity (Wildman–Crippen MR) is 89.7 cm³/mol. The van der Waals surface area contributed by atoms with Crippen molar-refractivity contribution in [2.24, 2.45) is 5.11 Å². The minimum absolute atomic E-state index is 0.0392. The molecule has 0 aromatic heterocycles. The molecule has 2 N–H and O–H groups in total. The fourth-order valence-corrected chi connectivity index (χ4v) is 3.05. The first-order chi connectivity index (χ1) is 12.5. The van der Waals surface area contributed by atoms with Crippen molar-refractivity contribution >= 4 is 29.3 Å². The average Bonchev–Trinajstić information content (AvgIpc) is 2.92. The van der Waals surface area contributed by atoms with Crippen molar-refractivity contribution in [3.8, 4) is 0 Å². The number of azide groups is 1. The Morgan fingerprint density at radius 3 is 2.92 bits per heavy atom. The average molecular weight is 356 g/mol. The molecule has 1 fully saturated rings. The lowest BCUT2D eigenvalue weighted by molar-refractivity contribution is -0.137. The Hall–Kier alpha value is -3.39. The van der Waals surface area contributed by atoms with E-state index in [1.54, 1.807) is 18.2 Å². The molecule has 0 saturated carbocycles. The van der Waals surface area contributed by atoms with Crippen LogP contribution in [-0.4, -0.2) is 41.1 Å². The molecule has 2 aliphatic heterocycles. The smallest absolute Gasteiger partial charge is 0.255 e. The van der Waals surface area contributed by atoms with E-state index in [2.05, 4.69) is 20.7 Å². The Bertz CT molecular complexity index is 845. The number of imide groups is 1. The van der Waals surface area contributed by atoms with E-state index in [4.69, 9.17) is 5.53 Å². The van der Waals surface area contributed by atoms with Gasteiger partial charge in [-0.25, -0.2) is 0 Å². The Balaban J connectivity index is 1.70. The fourth-order valence-electron chi connectivity index (χ4n) is 3.05. The molecule has 4 amide bonds. The summed E-state index contributed by atoms with van der Waals surface area (Å²) in [7, 11) is 0. The van der Waals surface area contributed by atoms with E-state index < -0.39 is 11.9 Å². The first-order valence-electron chi connectivity index (χ1n) is 8.08. The van der Waals surface area contributed by atoms with Crippen LogP contribution in [0.3, 0.4) is 0 Å². The summed E-state index contributed by atoms with van der Waals surface area (Å²) in [5.74, 6) is -1.43. The van der Waals surface area contributed by atoms with Crippen LogP contribution in [0.15, 0.2) is 23.3 Å². The Morgan fingerprint density at radius 2 is 2.19 bits per heavy atom. The molecule has 1 unspecified atom stereocenters. The van der Waals surface area contributed by atoms with E-state index >= 15 is 0 Å². The molecule has 0 bridgehead atoms. The van der Waals surface area contributed by atoms with Crippen molar-refractivity contribution in [2.45, 2.75) is 31.8 Å². The lowest BCUT2D eigenvalue weighted by Gasteiger charge is -2.29. The molecule has 1 aromatic carbocycles. The van der Waals surface area contributed by atoms with Gasteiger partial charge in [0.15, 0.2) is 0 Å². The standard InChI is InChI=1S/C16H16N6O4/c17-21-18-6-5-14(24)19-10-2-1-9-8-22(16(26)11(9)7-10)12-3-4-13(23)20-15(12)25/h1-2,7,12H,3-6,8H2,(H,19,24)(H,20,23,25). The van der Waals surface area contributed by atoms with Gasteiger partial charge in [-0.15, -0.1) is 0 Å².